The highest BCUT2D eigenvalue weighted by molar-refractivity contribution is 5.78. The van der Waals surface area contributed by atoms with Gasteiger partial charge < -0.3 is 20.3 Å². The van der Waals surface area contributed by atoms with Crippen molar-refractivity contribution in [1.29, 1.82) is 0 Å². The van der Waals surface area contributed by atoms with E-state index in [1.807, 2.05) is 24.3 Å². The Morgan fingerprint density at radius 3 is 2.74 bits per heavy atom. The first-order chi connectivity index (χ1) is 11.1. The number of piperidine rings is 1. The van der Waals surface area contributed by atoms with Gasteiger partial charge in [0.05, 0.1) is 6.54 Å². The van der Waals surface area contributed by atoms with Crippen LogP contribution in [0.5, 0.6) is 5.75 Å². The highest BCUT2D eigenvalue weighted by atomic mass is 16.5. The van der Waals surface area contributed by atoms with Crippen LogP contribution in [0.1, 0.15) is 24.8 Å². The first kappa shape index (κ1) is 17.1. The number of hydrogen-bond acceptors (Lipinski definition) is 3. The van der Waals surface area contributed by atoms with E-state index in [1.54, 1.807) is 14.1 Å². The van der Waals surface area contributed by atoms with E-state index in [0.29, 0.717) is 18.3 Å². The number of nitrogens with zero attached hydrogens (tertiary/aromatic N) is 3. The summed E-state index contributed by atoms with van der Waals surface area (Å²) < 4.78 is 5.51. The van der Waals surface area contributed by atoms with Gasteiger partial charge in [0.15, 0.2) is 12.6 Å². The number of aliphatic imine (C=N–C) groups is 1. The van der Waals surface area contributed by atoms with Crippen LogP contribution in [0.25, 0.3) is 0 Å². The first-order valence-electron chi connectivity index (χ1n) is 8.03. The summed E-state index contributed by atoms with van der Waals surface area (Å²) in [5.41, 5.74) is 7.07. The number of benzene rings is 1. The highest BCUT2D eigenvalue weighted by Crippen LogP contribution is 2.15. The predicted octanol–water partition coefficient (Wildman–Crippen LogP) is 1.45. The Morgan fingerprint density at radius 1 is 1.30 bits per heavy atom. The summed E-state index contributed by atoms with van der Waals surface area (Å²) >= 11 is 0. The minimum absolute atomic E-state index is 0.0373. The second kappa shape index (κ2) is 8.41. The zero-order valence-corrected chi connectivity index (χ0v) is 14.0. The van der Waals surface area contributed by atoms with Crippen molar-refractivity contribution in [2.75, 3.05) is 33.8 Å². The number of rotatable bonds is 5. The van der Waals surface area contributed by atoms with Gasteiger partial charge in [0.25, 0.3) is 5.91 Å². The van der Waals surface area contributed by atoms with Gasteiger partial charge in [-0.05, 0) is 37.0 Å². The second-order valence-electron chi connectivity index (χ2n) is 5.95. The standard InChI is InChI=1S/C17H26N4O2/c1-20(2)16(22)13-23-15-8-6-7-14(11-15)12-19-17(18)21-9-4-3-5-10-21/h6-8,11H,3-5,9-10,12-13H2,1-2H3,(H2,18,19). The lowest BCUT2D eigenvalue weighted by Gasteiger charge is -2.27. The molecule has 23 heavy (non-hydrogen) atoms. The van der Waals surface area contributed by atoms with Crippen molar-refractivity contribution >= 4 is 11.9 Å². The Labute approximate surface area is 137 Å². The van der Waals surface area contributed by atoms with Crippen molar-refractivity contribution in [3.63, 3.8) is 0 Å². The minimum Gasteiger partial charge on any atom is -0.484 e. The molecule has 0 radical (unpaired) electrons. The lowest BCUT2D eigenvalue weighted by Crippen LogP contribution is -2.40. The summed E-state index contributed by atoms with van der Waals surface area (Å²) in [6.45, 7) is 2.53. The molecule has 1 aromatic carbocycles. The summed E-state index contributed by atoms with van der Waals surface area (Å²) in [7, 11) is 3.42. The van der Waals surface area contributed by atoms with Gasteiger partial charge >= 0.3 is 0 Å². The van der Waals surface area contributed by atoms with Crippen LogP contribution in [0.4, 0.5) is 0 Å². The zero-order chi connectivity index (χ0) is 16.7. The third kappa shape index (κ3) is 5.47. The van der Waals surface area contributed by atoms with Crippen LogP contribution in [0.2, 0.25) is 0 Å². The molecule has 0 unspecified atom stereocenters. The number of ether oxygens (including phenoxy) is 1. The lowest BCUT2D eigenvalue weighted by atomic mass is 10.1. The minimum atomic E-state index is -0.0669. The van der Waals surface area contributed by atoms with Gasteiger partial charge in [-0.1, -0.05) is 12.1 Å². The van der Waals surface area contributed by atoms with Crippen molar-refractivity contribution in [3.05, 3.63) is 29.8 Å². The fourth-order valence-corrected chi connectivity index (χ4v) is 2.40. The summed E-state index contributed by atoms with van der Waals surface area (Å²) in [5, 5.41) is 0. The quantitative estimate of drug-likeness (QED) is 0.659. The predicted molar refractivity (Wildman–Crippen MR) is 91.4 cm³/mol. The molecule has 2 rings (SSSR count). The molecule has 1 saturated heterocycles. The smallest absolute Gasteiger partial charge is 0.259 e. The van der Waals surface area contributed by atoms with Crippen LogP contribution in [0, 0.1) is 0 Å². The summed E-state index contributed by atoms with van der Waals surface area (Å²) in [6.07, 6.45) is 3.63. The molecule has 6 heteroatoms. The summed E-state index contributed by atoms with van der Waals surface area (Å²) in [5.74, 6) is 1.21. The van der Waals surface area contributed by atoms with E-state index in [1.165, 1.54) is 24.2 Å². The zero-order valence-electron chi connectivity index (χ0n) is 14.0. The molecule has 2 N–H and O–H groups in total. The van der Waals surface area contributed by atoms with Gasteiger partial charge in [-0.3, -0.25) is 4.79 Å². The molecule has 0 spiro atoms. The van der Waals surface area contributed by atoms with Gasteiger partial charge in [0.2, 0.25) is 0 Å². The van der Waals surface area contributed by atoms with Crippen LogP contribution in [0.15, 0.2) is 29.3 Å². The topological polar surface area (TPSA) is 71.2 Å². The van der Waals surface area contributed by atoms with Gasteiger partial charge in [-0.15, -0.1) is 0 Å². The maximum absolute atomic E-state index is 11.5. The van der Waals surface area contributed by atoms with Gasteiger partial charge in [-0.25, -0.2) is 4.99 Å². The largest absolute Gasteiger partial charge is 0.484 e. The molecule has 6 nitrogen and oxygen atoms in total. The van der Waals surface area contributed by atoms with Crippen LogP contribution in [-0.2, 0) is 11.3 Å². The molecule has 0 aliphatic carbocycles. The number of carbonyl (C=O) groups is 1. The Hall–Kier alpha value is -2.24. The molecule has 1 aliphatic heterocycles. The SMILES string of the molecule is CN(C)C(=O)COc1cccc(CN=C(N)N2CCCCC2)c1. The number of carbonyl (C=O) groups excluding carboxylic acids is 1. The van der Waals surface area contributed by atoms with Gasteiger partial charge in [-0.2, -0.15) is 0 Å². The average molecular weight is 318 g/mol. The molecule has 1 fully saturated rings. The lowest BCUT2D eigenvalue weighted by molar-refractivity contribution is -0.130. The van der Waals surface area contributed by atoms with Crippen LogP contribution in [0.3, 0.4) is 0 Å². The maximum atomic E-state index is 11.5. The Balaban J connectivity index is 1.90. The van der Waals surface area contributed by atoms with E-state index in [9.17, 15) is 4.79 Å². The van der Waals surface area contributed by atoms with E-state index in [2.05, 4.69) is 9.89 Å². The third-order valence-electron chi connectivity index (χ3n) is 3.86. The monoisotopic (exact) mass is 318 g/mol. The van der Waals surface area contributed by atoms with E-state index >= 15 is 0 Å². The number of amides is 1. The molecule has 0 saturated carbocycles. The van der Waals surface area contributed by atoms with Crippen LogP contribution >= 0.6 is 0 Å². The fourth-order valence-electron chi connectivity index (χ4n) is 2.40. The van der Waals surface area contributed by atoms with Gasteiger partial charge in [0, 0.05) is 27.2 Å². The van der Waals surface area contributed by atoms with E-state index in [4.69, 9.17) is 10.5 Å². The second-order valence-corrected chi connectivity index (χ2v) is 5.95. The Bertz CT molecular complexity index is 551. The molecule has 1 aliphatic rings. The Morgan fingerprint density at radius 2 is 2.04 bits per heavy atom. The van der Waals surface area contributed by atoms with Crippen molar-refractivity contribution in [3.8, 4) is 5.75 Å². The summed E-state index contributed by atoms with van der Waals surface area (Å²) in [4.78, 5) is 19.7. The van der Waals surface area contributed by atoms with Crippen molar-refractivity contribution in [2.45, 2.75) is 25.8 Å². The molecule has 1 aromatic rings. The van der Waals surface area contributed by atoms with Crippen molar-refractivity contribution < 1.29 is 9.53 Å². The van der Waals surface area contributed by atoms with Crippen molar-refractivity contribution in [2.24, 2.45) is 10.7 Å². The highest BCUT2D eigenvalue weighted by Gasteiger charge is 2.11. The van der Waals surface area contributed by atoms with Crippen LogP contribution < -0.4 is 10.5 Å². The molecular formula is C17H26N4O2. The first-order valence-corrected chi connectivity index (χ1v) is 8.03. The van der Waals surface area contributed by atoms with E-state index in [0.717, 1.165) is 18.7 Å². The van der Waals surface area contributed by atoms with Crippen LogP contribution in [-0.4, -0.2) is 55.5 Å². The molecular weight excluding hydrogens is 292 g/mol. The molecule has 1 amide bonds. The normalized spacial score (nSPS) is 15.4. The van der Waals surface area contributed by atoms with Crippen molar-refractivity contribution in [1.82, 2.24) is 9.80 Å². The number of likely N-dealkylation sites (tertiary alicyclic amines) is 1. The van der Waals surface area contributed by atoms with E-state index < -0.39 is 0 Å². The number of guanidine groups is 1. The van der Waals surface area contributed by atoms with Gasteiger partial charge in [0.1, 0.15) is 5.75 Å². The number of hydrogen-bond donors (Lipinski definition) is 1. The summed E-state index contributed by atoms with van der Waals surface area (Å²) in [6, 6.07) is 7.62. The maximum Gasteiger partial charge on any atom is 0.259 e. The third-order valence-corrected chi connectivity index (χ3v) is 3.86. The molecule has 0 atom stereocenters. The molecule has 0 bridgehead atoms. The van der Waals surface area contributed by atoms with E-state index in [-0.39, 0.29) is 12.5 Å². The number of nitrogens with two attached hydrogens (primary N) is 1. The molecule has 0 aromatic heterocycles. The Kier molecular flexibility index (Phi) is 6.26. The molecule has 126 valence electrons. The average Bonchev–Trinajstić information content (AvgIpc) is 2.58. The number of likely N-dealkylation sites (N-methyl/N-ethyl adjacent to an activating group) is 1. The fraction of sp³-hybridized carbons (Fsp3) is 0.529. The molecule has 1 heterocycles.